The Morgan fingerprint density at radius 2 is 2.43 bits per heavy atom. The standard InChI is InChI=1S/C10H14N2O2/c11-12-8-2-1-3-9(6-8)14-10-4-5-13-7-10/h1-3,6,10,12H,4-5,7,11H2/t10-/m0/s1. The van der Waals surface area contributed by atoms with Crippen molar-refractivity contribution in [2.24, 2.45) is 5.84 Å². The third-order valence-electron chi connectivity index (χ3n) is 2.19. The Morgan fingerprint density at radius 1 is 1.50 bits per heavy atom. The van der Waals surface area contributed by atoms with Crippen LogP contribution >= 0.6 is 0 Å². The average molecular weight is 194 g/mol. The summed E-state index contributed by atoms with van der Waals surface area (Å²) in [4.78, 5) is 0. The summed E-state index contributed by atoms with van der Waals surface area (Å²) in [6, 6.07) is 7.58. The van der Waals surface area contributed by atoms with Gasteiger partial charge in [0.2, 0.25) is 0 Å². The quantitative estimate of drug-likeness (QED) is 0.559. The third kappa shape index (κ3) is 2.16. The Hall–Kier alpha value is -1.26. The Labute approximate surface area is 83.0 Å². The number of nitrogens with two attached hydrogens (primary N) is 1. The highest BCUT2D eigenvalue weighted by Gasteiger charge is 2.16. The Morgan fingerprint density at radius 3 is 3.14 bits per heavy atom. The molecule has 1 saturated heterocycles. The van der Waals surface area contributed by atoms with Crippen LogP contribution in [0.15, 0.2) is 24.3 Å². The molecule has 3 N–H and O–H groups in total. The highest BCUT2D eigenvalue weighted by molar-refractivity contribution is 5.47. The zero-order valence-electron chi connectivity index (χ0n) is 7.90. The van der Waals surface area contributed by atoms with Crippen molar-refractivity contribution in [2.75, 3.05) is 18.6 Å². The zero-order chi connectivity index (χ0) is 9.80. The molecule has 0 aromatic heterocycles. The van der Waals surface area contributed by atoms with Gasteiger partial charge in [-0.25, -0.2) is 0 Å². The molecular formula is C10H14N2O2. The monoisotopic (exact) mass is 194 g/mol. The zero-order valence-corrected chi connectivity index (χ0v) is 7.90. The molecule has 76 valence electrons. The molecule has 0 aliphatic carbocycles. The van der Waals surface area contributed by atoms with Crippen LogP contribution in [0.1, 0.15) is 6.42 Å². The van der Waals surface area contributed by atoms with Crippen LogP contribution in [0.2, 0.25) is 0 Å². The lowest BCUT2D eigenvalue weighted by Crippen LogP contribution is -2.16. The topological polar surface area (TPSA) is 56.5 Å². The van der Waals surface area contributed by atoms with Crippen molar-refractivity contribution < 1.29 is 9.47 Å². The first-order chi connectivity index (χ1) is 6.88. The summed E-state index contributed by atoms with van der Waals surface area (Å²) in [5.41, 5.74) is 3.43. The molecule has 0 bridgehead atoms. The van der Waals surface area contributed by atoms with E-state index in [1.807, 2.05) is 24.3 Å². The highest BCUT2D eigenvalue weighted by Crippen LogP contribution is 2.20. The summed E-state index contributed by atoms with van der Waals surface area (Å²) >= 11 is 0. The number of hydrazine groups is 1. The van der Waals surface area contributed by atoms with E-state index in [0.717, 1.165) is 24.5 Å². The first-order valence-corrected chi connectivity index (χ1v) is 4.69. The normalized spacial score (nSPS) is 20.8. The summed E-state index contributed by atoms with van der Waals surface area (Å²) in [5.74, 6) is 6.13. The molecule has 4 heteroatoms. The highest BCUT2D eigenvalue weighted by atomic mass is 16.5. The van der Waals surface area contributed by atoms with Crippen molar-refractivity contribution >= 4 is 5.69 Å². The van der Waals surface area contributed by atoms with Crippen LogP contribution < -0.4 is 16.0 Å². The Balaban J connectivity index is 2.00. The van der Waals surface area contributed by atoms with Crippen LogP contribution in [0.4, 0.5) is 5.69 Å². The maximum absolute atomic E-state index is 5.70. The molecule has 0 spiro atoms. The van der Waals surface area contributed by atoms with Gasteiger partial charge in [0, 0.05) is 12.5 Å². The van der Waals surface area contributed by atoms with Crippen molar-refractivity contribution in [1.82, 2.24) is 0 Å². The molecule has 1 atom stereocenters. The molecule has 1 fully saturated rings. The van der Waals surface area contributed by atoms with E-state index >= 15 is 0 Å². The molecule has 4 nitrogen and oxygen atoms in total. The van der Waals surface area contributed by atoms with Gasteiger partial charge in [0.25, 0.3) is 0 Å². The molecule has 2 rings (SSSR count). The van der Waals surface area contributed by atoms with Gasteiger partial charge in [-0.3, -0.25) is 5.84 Å². The van der Waals surface area contributed by atoms with Crippen LogP contribution in [-0.2, 0) is 4.74 Å². The molecule has 1 heterocycles. The number of nitrogen functional groups attached to an aromatic ring is 1. The van der Waals surface area contributed by atoms with E-state index in [2.05, 4.69) is 5.43 Å². The first-order valence-electron chi connectivity index (χ1n) is 4.69. The number of benzene rings is 1. The van der Waals surface area contributed by atoms with Gasteiger partial charge in [0.15, 0.2) is 0 Å². The lowest BCUT2D eigenvalue weighted by atomic mass is 10.3. The summed E-state index contributed by atoms with van der Waals surface area (Å²) in [6.45, 7) is 1.47. The SMILES string of the molecule is NNc1cccc(O[C@H]2CCOC2)c1. The molecule has 14 heavy (non-hydrogen) atoms. The van der Waals surface area contributed by atoms with Gasteiger partial charge in [-0.15, -0.1) is 0 Å². The van der Waals surface area contributed by atoms with Crippen LogP contribution in [-0.4, -0.2) is 19.3 Å². The second-order valence-electron chi connectivity index (χ2n) is 3.28. The molecule has 0 radical (unpaired) electrons. The van der Waals surface area contributed by atoms with Gasteiger partial charge in [0.05, 0.1) is 18.9 Å². The van der Waals surface area contributed by atoms with E-state index in [0.29, 0.717) is 6.61 Å². The molecule has 0 saturated carbocycles. The van der Waals surface area contributed by atoms with Gasteiger partial charge in [-0.2, -0.15) is 0 Å². The molecule has 0 amide bonds. The number of anilines is 1. The molecular weight excluding hydrogens is 180 g/mol. The molecule has 1 aromatic carbocycles. The van der Waals surface area contributed by atoms with Crippen molar-refractivity contribution in [3.8, 4) is 5.75 Å². The van der Waals surface area contributed by atoms with Crippen molar-refractivity contribution in [2.45, 2.75) is 12.5 Å². The van der Waals surface area contributed by atoms with Crippen molar-refractivity contribution in [1.29, 1.82) is 0 Å². The minimum atomic E-state index is 0.183. The maximum atomic E-state index is 5.70. The average Bonchev–Trinajstić information content (AvgIpc) is 2.71. The third-order valence-corrected chi connectivity index (χ3v) is 2.19. The second kappa shape index (κ2) is 4.30. The number of rotatable bonds is 3. The van der Waals surface area contributed by atoms with E-state index in [4.69, 9.17) is 15.3 Å². The lowest BCUT2D eigenvalue weighted by molar-refractivity contribution is 0.141. The van der Waals surface area contributed by atoms with Crippen LogP contribution in [0.3, 0.4) is 0 Å². The van der Waals surface area contributed by atoms with E-state index in [1.165, 1.54) is 0 Å². The predicted molar refractivity (Wildman–Crippen MR) is 54.1 cm³/mol. The van der Waals surface area contributed by atoms with E-state index in [1.54, 1.807) is 0 Å². The van der Waals surface area contributed by atoms with Gasteiger partial charge in [0.1, 0.15) is 11.9 Å². The van der Waals surface area contributed by atoms with Crippen LogP contribution in [0.25, 0.3) is 0 Å². The lowest BCUT2D eigenvalue weighted by Gasteiger charge is -2.12. The van der Waals surface area contributed by atoms with Gasteiger partial charge in [-0.1, -0.05) is 6.07 Å². The number of hydrogen-bond acceptors (Lipinski definition) is 4. The van der Waals surface area contributed by atoms with E-state index in [-0.39, 0.29) is 6.10 Å². The van der Waals surface area contributed by atoms with Crippen molar-refractivity contribution in [3.63, 3.8) is 0 Å². The van der Waals surface area contributed by atoms with Gasteiger partial charge < -0.3 is 14.9 Å². The van der Waals surface area contributed by atoms with Crippen LogP contribution in [0, 0.1) is 0 Å². The van der Waals surface area contributed by atoms with Crippen LogP contribution in [0.5, 0.6) is 5.75 Å². The summed E-state index contributed by atoms with van der Waals surface area (Å²) in [7, 11) is 0. The van der Waals surface area contributed by atoms with Crippen molar-refractivity contribution in [3.05, 3.63) is 24.3 Å². The fourth-order valence-corrected chi connectivity index (χ4v) is 1.46. The first kappa shape index (κ1) is 9.30. The fourth-order valence-electron chi connectivity index (χ4n) is 1.46. The Kier molecular flexibility index (Phi) is 2.86. The molecule has 0 unspecified atom stereocenters. The number of hydrogen-bond donors (Lipinski definition) is 2. The minimum Gasteiger partial charge on any atom is -0.488 e. The fraction of sp³-hybridized carbons (Fsp3) is 0.400. The predicted octanol–water partition coefficient (Wildman–Crippen LogP) is 1.14. The number of ether oxygens (including phenoxy) is 2. The maximum Gasteiger partial charge on any atom is 0.124 e. The smallest absolute Gasteiger partial charge is 0.124 e. The molecule has 1 aliphatic rings. The summed E-state index contributed by atoms with van der Waals surface area (Å²) < 4.78 is 10.9. The second-order valence-corrected chi connectivity index (χ2v) is 3.28. The van der Waals surface area contributed by atoms with Gasteiger partial charge >= 0.3 is 0 Å². The summed E-state index contributed by atoms with van der Waals surface area (Å²) in [6.07, 6.45) is 1.14. The van der Waals surface area contributed by atoms with Gasteiger partial charge in [-0.05, 0) is 12.1 Å². The molecule has 1 aromatic rings. The Bertz CT molecular complexity index is 298. The minimum absolute atomic E-state index is 0.183. The number of nitrogens with one attached hydrogen (secondary N) is 1. The largest absolute Gasteiger partial charge is 0.488 e. The van der Waals surface area contributed by atoms with E-state index in [9.17, 15) is 0 Å². The summed E-state index contributed by atoms with van der Waals surface area (Å²) in [5, 5.41) is 0. The van der Waals surface area contributed by atoms with E-state index < -0.39 is 0 Å². The molecule has 1 aliphatic heterocycles.